The molecule has 2 heterocycles. The maximum Gasteiger partial charge on any atom is 0.339 e. The topological polar surface area (TPSA) is 136 Å². The highest BCUT2D eigenvalue weighted by molar-refractivity contribution is 7.15. The number of benzene rings is 2. The molecule has 0 atom stereocenters. The van der Waals surface area contributed by atoms with Crippen molar-refractivity contribution in [1.29, 1.82) is 0 Å². The summed E-state index contributed by atoms with van der Waals surface area (Å²) < 4.78 is 5.41. The summed E-state index contributed by atoms with van der Waals surface area (Å²) in [5, 5.41) is 25.1. The molecule has 0 aliphatic heterocycles. The highest BCUT2D eigenvalue weighted by Gasteiger charge is 2.24. The number of carbonyl (C=O) groups excluding carboxylic acids is 1. The molecule has 0 fully saturated rings. The number of para-hydroxylation sites is 2. The molecule has 10 heteroatoms. The number of carboxylic acids is 1. The van der Waals surface area contributed by atoms with E-state index in [4.69, 9.17) is 4.42 Å². The number of carboxylic acid groups (broad SMARTS) is 1. The Balaban J connectivity index is 1.71. The molecule has 2 aromatic carbocycles. The van der Waals surface area contributed by atoms with E-state index in [2.05, 4.69) is 10.3 Å². The van der Waals surface area contributed by atoms with E-state index in [9.17, 15) is 24.8 Å². The molecular formula is C20H13N3O6S. The van der Waals surface area contributed by atoms with Crippen LogP contribution in [0.1, 0.15) is 26.6 Å². The first-order chi connectivity index (χ1) is 14.3. The van der Waals surface area contributed by atoms with Crippen molar-refractivity contribution in [2.75, 3.05) is 5.32 Å². The van der Waals surface area contributed by atoms with Crippen LogP contribution in [0, 0.1) is 17.0 Å². The molecule has 150 valence electrons. The van der Waals surface area contributed by atoms with Crippen molar-refractivity contribution >= 4 is 45.0 Å². The molecule has 0 spiro atoms. The van der Waals surface area contributed by atoms with Gasteiger partial charge >= 0.3 is 11.9 Å². The van der Waals surface area contributed by atoms with Crippen LogP contribution in [0.2, 0.25) is 0 Å². The second kappa shape index (κ2) is 7.41. The monoisotopic (exact) mass is 423 g/mol. The number of aromatic carboxylic acids is 1. The van der Waals surface area contributed by atoms with Gasteiger partial charge in [0.15, 0.2) is 5.58 Å². The standard InChI is InChI=1S/C20H13N3O6S/c1-10-6-7-11(8-14(10)23(27)28)12-9-30-19(16(12)20(25)26)22-17(24)18-21-13-4-2-3-5-15(13)29-18/h2-9H,1H3,(H,22,24)(H,25,26). The molecule has 2 N–H and O–H groups in total. The Hall–Kier alpha value is -4.05. The Bertz CT molecular complexity index is 1290. The molecule has 0 bridgehead atoms. The van der Waals surface area contributed by atoms with Crippen LogP contribution in [-0.4, -0.2) is 26.9 Å². The number of aryl methyl sites for hydroxylation is 1. The number of thiophene rings is 1. The second-order valence-corrected chi connectivity index (χ2v) is 7.24. The van der Waals surface area contributed by atoms with Crippen LogP contribution in [0.3, 0.4) is 0 Å². The SMILES string of the molecule is Cc1ccc(-c2csc(NC(=O)c3nc4ccccc4o3)c2C(=O)O)cc1[N+](=O)[O-]. The van der Waals surface area contributed by atoms with E-state index in [1.54, 1.807) is 43.3 Å². The van der Waals surface area contributed by atoms with Gasteiger partial charge < -0.3 is 14.8 Å². The van der Waals surface area contributed by atoms with E-state index in [0.717, 1.165) is 11.3 Å². The Morgan fingerprint density at radius 3 is 2.70 bits per heavy atom. The molecule has 2 aromatic heterocycles. The first kappa shape index (κ1) is 19.3. The van der Waals surface area contributed by atoms with E-state index in [0.29, 0.717) is 22.2 Å². The Morgan fingerprint density at radius 1 is 1.23 bits per heavy atom. The number of nitrogens with zero attached hydrogens (tertiary/aromatic N) is 2. The zero-order valence-electron chi connectivity index (χ0n) is 15.4. The van der Waals surface area contributed by atoms with Gasteiger partial charge in [-0.05, 0) is 24.6 Å². The van der Waals surface area contributed by atoms with Crippen molar-refractivity contribution in [3.05, 3.63) is 75.0 Å². The van der Waals surface area contributed by atoms with Gasteiger partial charge in [-0.1, -0.05) is 24.3 Å². The van der Waals surface area contributed by atoms with Crippen LogP contribution < -0.4 is 5.32 Å². The maximum atomic E-state index is 12.5. The van der Waals surface area contributed by atoms with Crippen LogP contribution in [0.15, 0.2) is 52.3 Å². The summed E-state index contributed by atoms with van der Waals surface area (Å²) in [4.78, 5) is 39.2. The molecule has 30 heavy (non-hydrogen) atoms. The number of aromatic nitrogens is 1. The molecular weight excluding hydrogens is 410 g/mol. The maximum absolute atomic E-state index is 12.5. The van der Waals surface area contributed by atoms with Crippen LogP contribution in [-0.2, 0) is 0 Å². The summed E-state index contributed by atoms with van der Waals surface area (Å²) >= 11 is 0.996. The molecule has 4 rings (SSSR count). The zero-order chi connectivity index (χ0) is 21.4. The van der Waals surface area contributed by atoms with E-state index in [1.807, 2.05) is 0 Å². The number of nitro benzene ring substituents is 1. The van der Waals surface area contributed by atoms with Gasteiger partial charge in [0.05, 0.1) is 4.92 Å². The van der Waals surface area contributed by atoms with Crippen molar-refractivity contribution < 1.29 is 24.0 Å². The Kier molecular flexibility index (Phi) is 4.76. The lowest BCUT2D eigenvalue weighted by atomic mass is 10.0. The van der Waals surface area contributed by atoms with Gasteiger partial charge in [0, 0.05) is 22.6 Å². The number of anilines is 1. The summed E-state index contributed by atoms with van der Waals surface area (Å²) in [5.41, 5.74) is 1.74. The highest BCUT2D eigenvalue weighted by atomic mass is 32.1. The third kappa shape index (κ3) is 3.40. The summed E-state index contributed by atoms with van der Waals surface area (Å²) in [5.74, 6) is -2.17. The first-order valence-electron chi connectivity index (χ1n) is 8.62. The van der Waals surface area contributed by atoms with Gasteiger partial charge in [-0.25, -0.2) is 9.78 Å². The average Bonchev–Trinajstić information content (AvgIpc) is 3.32. The molecule has 0 saturated heterocycles. The summed E-state index contributed by atoms with van der Waals surface area (Å²) in [7, 11) is 0. The lowest BCUT2D eigenvalue weighted by Crippen LogP contribution is -2.13. The number of nitrogens with one attached hydrogen (secondary N) is 1. The number of hydrogen-bond acceptors (Lipinski definition) is 7. The minimum atomic E-state index is -1.28. The lowest BCUT2D eigenvalue weighted by Gasteiger charge is -2.05. The molecule has 4 aromatic rings. The fraction of sp³-hybridized carbons (Fsp3) is 0.0500. The van der Waals surface area contributed by atoms with Gasteiger partial charge in [0.25, 0.3) is 11.6 Å². The predicted octanol–water partition coefficient (Wildman–Crippen LogP) is 4.72. The van der Waals surface area contributed by atoms with Crippen LogP contribution in [0.25, 0.3) is 22.2 Å². The fourth-order valence-corrected chi connectivity index (χ4v) is 3.93. The second-order valence-electron chi connectivity index (χ2n) is 6.36. The van der Waals surface area contributed by atoms with E-state index in [-0.39, 0.29) is 27.7 Å². The fourth-order valence-electron chi connectivity index (χ4n) is 2.97. The number of nitro groups is 1. The molecule has 1 amide bonds. The van der Waals surface area contributed by atoms with Gasteiger partial charge in [0.1, 0.15) is 16.1 Å². The number of carbonyl (C=O) groups is 2. The van der Waals surface area contributed by atoms with Gasteiger partial charge in [-0.2, -0.15) is 0 Å². The van der Waals surface area contributed by atoms with E-state index < -0.39 is 16.8 Å². The molecule has 0 unspecified atom stereocenters. The zero-order valence-corrected chi connectivity index (χ0v) is 16.2. The van der Waals surface area contributed by atoms with Crippen LogP contribution in [0.5, 0.6) is 0 Å². The summed E-state index contributed by atoms with van der Waals surface area (Å²) in [6.07, 6.45) is 0. The molecule has 9 nitrogen and oxygen atoms in total. The van der Waals surface area contributed by atoms with Crippen molar-refractivity contribution in [3.63, 3.8) is 0 Å². The summed E-state index contributed by atoms with van der Waals surface area (Å²) in [6, 6.07) is 11.3. The minimum absolute atomic E-state index is 0.0768. The number of oxazole rings is 1. The third-order valence-corrected chi connectivity index (χ3v) is 5.33. The van der Waals surface area contributed by atoms with Crippen molar-refractivity contribution in [3.8, 4) is 11.1 Å². The van der Waals surface area contributed by atoms with Gasteiger partial charge in [-0.3, -0.25) is 14.9 Å². The number of fused-ring (bicyclic) bond motifs is 1. The molecule has 0 radical (unpaired) electrons. The van der Waals surface area contributed by atoms with Gasteiger partial charge in [-0.15, -0.1) is 11.3 Å². The summed E-state index contributed by atoms with van der Waals surface area (Å²) in [6.45, 7) is 1.60. The molecule has 0 aliphatic carbocycles. The van der Waals surface area contributed by atoms with Crippen LogP contribution in [0.4, 0.5) is 10.7 Å². The predicted molar refractivity (Wildman–Crippen MR) is 110 cm³/mol. The van der Waals surface area contributed by atoms with Gasteiger partial charge in [0.2, 0.25) is 0 Å². The number of amides is 1. The Labute approximate surface area is 172 Å². The smallest absolute Gasteiger partial charge is 0.339 e. The molecule has 0 aliphatic rings. The van der Waals surface area contributed by atoms with E-state index in [1.165, 1.54) is 11.4 Å². The third-order valence-electron chi connectivity index (χ3n) is 4.44. The normalized spacial score (nSPS) is 10.8. The number of hydrogen-bond donors (Lipinski definition) is 2. The van der Waals surface area contributed by atoms with Crippen LogP contribution >= 0.6 is 11.3 Å². The van der Waals surface area contributed by atoms with Crippen molar-refractivity contribution in [2.45, 2.75) is 6.92 Å². The average molecular weight is 423 g/mol. The van der Waals surface area contributed by atoms with E-state index >= 15 is 0 Å². The minimum Gasteiger partial charge on any atom is -0.478 e. The lowest BCUT2D eigenvalue weighted by molar-refractivity contribution is -0.385. The number of rotatable bonds is 5. The van der Waals surface area contributed by atoms with Crippen molar-refractivity contribution in [1.82, 2.24) is 4.98 Å². The highest BCUT2D eigenvalue weighted by Crippen LogP contribution is 2.37. The largest absolute Gasteiger partial charge is 0.478 e. The molecule has 0 saturated carbocycles. The quantitative estimate of drug-likeness (QED) is 0.350. The van der Waals surface area contributed by atoms with Crippen molar-refractivity contribution in [2.24, 2.45) is 0 Å². The Morgan fingerprint density at radius 2 is 2.00 bits per heavy atom. The first-order valence-corrected chi connectivity index (χ1v) is 9.50.